The molecule has 0 saturated heterocycles. The zero-order chi connectivity index (χ0) is 66.1. The van der Waals surface area contributed by atoms with E-state index < -0.39 is 64.6 Å². The van der Waals surface area contributed by atoms with Crippen molar-refractivity contribution in [1.82, 2.24) is 13.7 Å². The van der Waals surface area contributed by atoms with Gasteiger partial charge in [-0.2, -0.15) is 113 Å². The molecule has 0 aliphatic rings. The van der Waals surface area contributed by atoms with E-state index in [1.807, 2.05) is 13.8 Å². The van der Waals surface area contributed by atoms with Crippen molar-refractivity contribution in [2.24, 2.45) is 5.41 Å². The number of ether oxygens (including phenoxy) is 9. The molecule has 0 amide bonds. The van der Waals surface area contributed by atoms with Crippen LogP contribution in [0.5, 0.6) is 0 Å². The Morgan fingerprint density at radius 1 is 0.395 bits per heavy atom. The number of thiol groups is 8. The van der Waals surface area contributed by atoms with Gasteiger partial charge in [-0.1, -0.05) is 55.4 Å². The molecule has 24 nitrogen and oxygen atoms in total. The number of rotatable bonds is 41. The lowest BCUT2D eigenvalue weighted by Gasteiger charge is -2.33. The van der Waals surface area contributed by atoms with Crippen molar-refractivity contribution in [3.05, 3.63) is 31.5 Å². The molecule has 9 atom stereocenters. The minimum atomic E-state index is -1.23. The third-order valence-corrected chi connectivity index (χ3v) is 12.4. The average Bonchev–Trinajstić information content (AvgIpc) is 1.62. The summed E-state index contributed by atoms with van der Waals surface area (Å²) < 4.78 is 48.9. The van der Waals surface area contributed by atoms with Crippen molar-refractivity contribution in [3.63, 3.8) is 0 Å². The van der Waals surface area contributed by atoms with Crippen LogP contribution in [-0.2, 0) is 101 Å². The number of unbranched alkanes of at least 4 members (excludes halogenated alkanes) is 1. The second-order valence-corrected chi connectivity index (χ2v) is 28.2. The smallest absolute Gasteiger partial charge is 0.336 e. The van der Waals surface area contributed by atoms with Gasteiger partial charge in [0.05, 0.1) is 95.6 Å². The van der Waals surface area contributed by atoms with E-state index in [0.717, 1.165) is 13.7 Å². The normalized spacial score (nSPS) is 14.8. The van der Waals surface area contributed by atoms with Crippen molar-refractivity contribution >= 4 is 161 Å². The molecule has 9 unspecified atom stereocenters. The Morgan fingerprint density at radius 2 is 0.640 bits per heavy atom. The topological polar surface area (TPSA) is 306 Å². The number of thioether (sulfide) groups is 1. The monoisotopic (exact) mass is 1390 g/mol. The van der Waals surface area contributed by atoms with Crippen molar-refractivity contribution in [2.75, 3.05) is 71.5 Å². The summed E-state index contributed by atoms with van der Waals surface area (Å²) >= 11 is 34.4. The minimum Gasteiger partial charge on any atom is -0.466 e. The Balaban J connectivity index is 0. The van der Waals surface area contributed by atoms with E-state index in [-0.39, 0.29) is 164 Å². The largest absolute Gasteiger partial charge is 0.466 e. The van der Waals surface area contributed by atoms with Gasteiger partial charge in [-0.3, -0.25) is 38.4 Å². The maximum absolute atomic E-state index is 12.9. The fraction of sp³-hybridized carbons (Fsp3) is 0.792. The molecule has 33 heteroatoms. The van der Waals surface area contributed by atoms with Crippen LogP contribution in [0, 0.1) is 5.41 Å². The van der Waals surface area contributed by atoms with Gasteiger partial charge in [-0.25, -0.2) is 28.1 Å². The van der Waals surface area contributed by atoms with Crippen molar-refractivity contribution in [2.45, 2.75) is 188 Å². The van der Waals surface area contributed by atoms with Gasteiger partial charge in [0.25, 0.3) is 0 Å². The SMILES string of the molecule is CC(S)CC(=O)OCC(COC(=O)CC(C)S)(COC(=O)CC(C)S)COC(O)CC(C)S.CC(S)CC(=O)OCCCCOC(=O)CC(C)S.CSCC(=O)OCCn1c(=O)n(CCOC(=O)CC(C)S)c(=O)n(CCOC(=O)CC(C)S)c1=O. The van der Waals surface area contributed by atoms with Gasteiger partial charge in [0, 0.05) is 48.4 Å². The molecule has 0 saturated carbocycles. The predicted octanol–water partition coefficient (Wildman–Crippen LogP) is 4.62. The van der Waals surface area contributed by atoms with Crippen LogP contribution >= 0.6 is 113 Å². The van der Waals surface area contributed by atoms with Crippen molar-refractivity contribution in [1.29, 1.82) is 0 Å². The van der Waals surface area contributed by atoms with E-state index in [2.05, 4.69) is 101 Å². The molecule has 0 radical (unpaired) electrons. The summed E-state index contributed by atoms with van der Waals surface area (Å²) in [5.74, 6) is -3.55. The Labute approximate surface area is 552 Å². The van der Waals surface area contributed by atoms with Crippen molar-refractivity contribution < 1.29 is 86.1 Å². The Morgan fingerprint density at radius 3 is 0.884 bits per heavy atom. The first-order valence-corrected chi connectivity index (χ1v) is 33.1. The quantitative estimate of drug-likeness (QED) is 0.0142. The van der Waals surface area contributed by atoms with E-state index in [4.69, 9.17) is 42.6 Å². The highest BCUT2D eigenvalue weighted by Gasteiger charge is 2.38. The Hall–Kier alpha value is -2.76. The van der Waals surface area contributed by atoms with E-state index in [0.29, 0.717) is 38.9 Å². The number of carbonyl (C=O) groups is 8. The van der Waals surface area contributed by atoms with E-state index in [1.165, 1.54) is 11.8 Å². The summed E-state index contributed by atoms with van der Waals surface area (Å²) in [5, 5.41) is 8.94. The second-order valence-electron chi connectivity index (χ2n) is 20.2. The molecule has 0 fully saturated rings. The molecular weight excluding hydrogens is 1300 g/mol. The van der Waals surface area contributed by atoms with Crippen LogP contribution in [0.2, 0.25) is 0 Å². The second kappa shape index (κ2) is 49.0. The summed E-state index contributed by atoms with van der Waals surface area (Å²) in [7, 11) is 0. The Kier molecular flexibility index (Phi) is 48.6. The highest BCUT2D eigenvalue weighted by Crippen LogP contribution is 2.24. The lowest BCUT2D eigenvalue weighted by molar-refractivity contribution is -0.181. The molecule has 1 aromatic rings. The third kappa shape index (κ3) is 45.5. The summed E-state index contributed by atoms with van der Waals surface area (Å²) in [6.07, 6.45) is 3.08. The molecule has 1 heterocycles. The van der Waals surface area contributed by atoms with Crippen molar-refractivity contribution in [3.8, 4) is 0 Å². The lowest BCUT2D eigenvalue weighted by Crippen LogP contribution is -2.55. The third-order valence-electron chi connectivity index (χ3n) is 10.4. The van der Waals surface area contributed by atoms with Crippen LogP contribution in [0.25, 0.3) is 0 Å². The zero-order valence-corrected chi connectivity index (χ0v) is 58.4. The van der Waals surface area contributed by atoms with E-state index in [9.17, 15) is 57.8 Å². The molecule has 0 aromatic carbocycles. The van der Waals surface area contributed by atoms with Gasteiger partial charge in [0.1, 0.15) is 39.6 Å². The first-order valence-electron chi connectivity index (χ1n) is 27.6. The van der Waals surface area contributed by atoms with Crippen LogP contribution in [0.15, 0.2) is 14.4 Å². The van der Waals surface area contributed by atoms with Crippen LogP contribution in [-0.4, -0.2) is 186 Å². The number of nitrogens with zero attached hydrogens (tertiary/aromatic N) is 3. The first-order chi connectivity index (χ1) is 40.1. The van der Waals surface area contributed by atoms with Crippen LogP contribution in [0.4, 0.5) is 0 Å². The van der Waals surface area contributed by atoms with Gasteiger partial charge < -0.3 is 47.7 Å². The minimum absolute atomic E-state index is 0.0154. The van der Waals surface area contributed by atoms with Gasteiger partial charge in [0.15, 0.2) is 6.29 Å². The van der Waals surface area contributed by atoms with Crippen LogP contribution < -0.4 is 17.1 Å². The van der Waals surface area contributed by atoms with Crippen LogP contribution in [0.1, 0.15) is 120 Å². The molecule has 1 N–H and O–H groups in total. The molecule has 0 aliphatic carbocycles. The number of hydrogen-bond donors (Lipinski definition) is 9. The molecule has 0 spiro atoms. The summed E-state index contributed by atoms with van der Waals surface area (Å²) in [4.78, 5) is 132. The molecule has 86 heavy (non-hydrogen) atoms. The zero-order valence-electron chi connectivity index (χ0n) is 50.4. The molecular formula is C53H91N3O21S9. The molecule has 0 bridgehead atoms. The molecule has 1 rings (SSSR count). The highest BCUT2D eigenvalue weighted by molar-refractivity contribution is 7.99. The summed E-state index contributed by atoms with van der Waals surface area (Å²) in [5.41, 5.74) is -4.08. The highest BCUT2D eigenvalue weighted by atomic mass is 32.2. The molecule has 0 aliphatic heterocycles. The fourth-order valence-corrected chi connectivity index (χ4v) is 7.97. The average molecular weight is 1390 g/mol. The number of esters is 8. The fourth-order valence-electron chi connectivity index (χ4n) is 6.43. The lowest BCUT2D eigenvalue weighted by atomic mass is 9.92. The first kappa shape index (κ1) is 85.3. The number of aliphatic hydroxyl groups excluding tert-OH is 1. The summed E-state index contributed by atoms with van der Waals surface area (Å²) in [6, 6.07) is 0. The molecule has 1 aromatic heterocycles. The van der Waals surface area contributed by atoms with Gasteiger partial charge in [0.2, 0.25) is 0 Å². The van der Waals surface area contributed by atoms with E-state index in [1.54, 1.807) is 47.8 Å². The predicted molar refractivity (Wildman–Crippen MR) is 353 cm³/mol. The Bertz CT molecular complexity index is 2210. The van der Waals surface area contributed by atoms with Gasteiger partial charge in [-0.05, 0) is 19.1 Å². The van der Waals surface area contributed by atoms with Gasteiger partial charge in [-0.15, -0.1) is 0 Å². The number of carbonyl (C=O) groups excluding carboxylic acids is 8. The maximum atomic E-state index is 12.9. The maximum Gasteiger partial charge on any atom is 0.336 e. The van der Waals surface area contributed by atoms with Crippen LogP contribution in [0.3, 0.4) is 0 Å². The van der Waals surface area contributed by atoms with Gasteiger partial charge >= 0.3 is 64.8 Å². The standard InChI is InChI=1S/C21H38O8S4.C20H31N3O9S3.C12H22O4S2/c1-13(30)5-17(22)26-9-21(10-27-18(23)6-14(2)31,11-28-19(24)7-15(3)32)12-29-20(25)8-16(4)33;1-13(33)10-15(24)30-7-4-21-18(27)22(5-8-31-16(25)11-14(2)34)20(29)23(19(21)28)6-9-32-17(26)12-35-3;1-9(17)7-11(13)15-5-3-4-6-16-12(14)8-10(2)18/h13-17,22,30-33H,5-12H2,1-4H3;13-14,33-34H,4-12H2,1-3H3;9-10,17-18H,3-8H2,1-2H3. The van der Waals surface area contributed by atoms with E-state index >= 15 is 0 Å². The molecule has 498 valence electrons. The number of aromatic nitrogens is 3. The summed E-state index contributed by atoms with van der Waals surface area (Å²) in [6.45, 7) is 12.1. The number of aliphatic hydroxyl groups is 1. The number of hydrogen-bond acceptors (Lipinski definition) is 30.